The molecule has 1 aliphatic rings. The first kappa shape index (κ1) is 13.6. The van der Waals surface area contributed by atoms with Crippen LogP contribution in [0.5, 0.6) is 0 Å². The van der Waals surface area contributed by atoms with E-state index < -0.39 is 0 Å². The van der Waals surface area contributed by atoms with E-state index in [0.717, 1.165) is 18.9 Å². The summed E-state index contributed by atoms with van der Waals surface area (Å²) in [5, 5.41) is 7.63. The number of hydrogen-bond acceptors (Lipinski definition) is 7. The van der Waals surface area contributed by atoms with Crippen LogP contribution in [0.4, 0.5) is 5.82 Å². The Morgan fingerprint density at radius 2 is 1.96 bits per heavy atom. The second-order valence-electron chi connectivity index (χ2n) is 4.92. The largest absolute Gasteiger partial charge is 0.378 e. The lowest BCUT2D eigenvalue weighted by atomic mass is 10.4. The van der Waals surface area contributed by atoms with E-state index in [9.17, 15) is 4.79 Å². The third-order valence-electron chi connectivity index (χ3n) is 3.54. The van der Waals surface area contributed by atoms with Crippen LogP contribution in [-0.2, 0) is 4.74 Å². The summed E-state index contributed by atoms with van der Waals surface area (Å²) in [6, 6.07) is 3.25. The Labute approximate surface area is 130 Å². The van der Waals surface area contributed by atoms with Gasteiger partial charge in [-0.25, -0.2) is 4.98 Å². The van der Waals surface area contributed by atoms with Gasteiger partial charge in [0.05, 0.1) is 31.8 Å². The second kappa shape index (κ2) is 5.65. The van der Waals surface area contributed by atoms with Crippen molar-refractivity contribution in [2.45, 2.75) is 0 Å². The standard InChI is InChI=1S/C13H14N8O2/c22-12-2-5-20(19-6-4-15-17-19)21(12)13-14-3-1-11(16-13)18-7-9-23-10-8-18/h1-6H,7-10H2. The Morgan fingerprint density at radius 3 is 2.74 bits per heavy atom. The van der Waals surface area contributed by atoms with Crippen molar-refractivity contribution in [1.82, 2.24) is 34.5 Å². The molecule has 3 aromatic rings. The van der Waals surface area contributed by atoms with Crippen molar-refractivity contribution in [3.05, 3.63) is 47.3 Å². The van der Waals surface area contributed by atoms with E-state index in [1.54, 1.807) is 18.6 Å². The number of anilines is 1. The third-order valence-corrected chi connectivity index (χ3v) is 3.54. The number of ether oxygens (including phenoxy) is 1. The highest BCUT2D eigenvalue weighted by Crippen LogP contribution is 2.13. The van der Waals surface area contributed by atoms with E-state index in [-0.39, 0.29) is 11.5 Å². The van der Waals surface area contributed by atoms with Gasteiger partial charge in [-0.3, -0.25) is 4.79 Å². The average Bonchev–Trinajstić information content (AvgIpc) is 3.25. The van der Waals surface area contributed by atoms with Crippen LogP contribution in [0, 0.1) is 0 Å². The molecular formula is C13H14N8O2. The minimum absolute atomic E-state index is 0.250. The van der Waals surface area contributed by atoms with Gasteiger partial charge in [-0.1, -0.05) is 0 Å². The van der Waals surface area contributed by atoms with Gasteiger partial charge in [-0.15, -0.1) is 9.89 Å². The van der Waals surface area contributed by atoms with Gasteiger partial charge in [-0.2, -0.15) is 14.5 Å². The summed E-state index contributed by atoms with van der Waals surface area (Å²) in [6.45, 7) is 2.84. The molecule has 1 aliphatic heterocycles. The molecule has 0 aromatic carbocycles. The summed E-state index contributed by atoms with van der Waals surface area (Å²) < 4.78 is 6.68. The quantitative estimate of drug-likeness (QED) is 0.622. The Hall–Kier alpha value is -3.01. The van der Waals surface area contributed by atoms with E-state index in [4.69, 9.17) is 4.74 Å². The van der Waals surface area contributed by atoms with Gasteiger partial charge in [-0.05, 0) is 11.3 Å². The zero-order valence-electron chi connectivity index (χ0n) is 12.2. The summed E-state index contributed by atoms with van der Waals surface area (Å²) in [5.74, 6) is 1.04. The first-order valence-electron chi connectivity index (χ1n) is 7.17. The lowest BCUT2D eigenvalue weighted by Crippen LogP contribution is -2.37. The first-order valence-corrected chi connectivity index (χ1v) is 7.17. The fourth-order valence-corrected chi connectivity index (χ4v) is 2.44. The van der Waals surface area contributed by atoms with Gasteiger partial charge in [0.15, 0.2) is 0 Å². The van der Waals surface area contributed by atoms with Crippen LogP contribution in [0.25, 0.3) is 5.95 Å². The molecule has 4 heterocycles. The molecule has 0 aliphatic carbocycles. The molecule has 0 bridgehead atoms. The zero-order valence-corrected chi connectivity index (χ0v) is 12.2. The summed E-state index contributed by atoms with van der Waals surface area (Å²) in [5.41, 5.74) is -0.250. The van der Waals surface area contributed by atoms with E-state index in [1.165, 1.54) is 26.5 Å². The number of morpholine rings is 1. The fourth-order valence-electron chi connectivity index (χ4n) is 2.44. The number of nitrogens with zero attached hydrogens (tertiary/aromatic N) is 8. The molecule has 10 nitrogen and oxygen atoms in total. The summed E-state index contributed by atoms with van der Waals surface area (Å²) in [6.07, 6.45) is 6.38. The third kappa shape index (κ3) is 2.48. The van der Waals surface area contributed by atoms with Crippen molar-refractivity contribution >= 4 is 5.82 Å². The van der Waals surface area contributed by atoms with Gasteiger partial charge in [0.25, 0.3) is 11.5 Å². The molecule has 0 saturated carbocycles. The van der Waals surface area contributed by atoms with Crippen LogP contribution in [0.15, 0.2) is 41.7 Å². The van der Waals surface area contributed by atoms with Crippen molar-refractivity contribution in [2.75, 3.05) is 31.2 Å². The second-order valence-corrected chi connectivity index (χ2v) is 4.92. The van der Waals surface area contributed by atoms with E-state index in [0.29, 0.717) is 13.2 Å². The summed E-state index contributed by atoms with van der Waals surface area (Å²) in [7, 11) is 0. The average molecular weight is 314 g/mol. The van der Waals surface area contributed by atoms with E-state index in [2.05, 4.69) is 25.2 Å². The monoisotopic (exact) mass is 314 g/mol. The SMILES string of the molecule is O=c1ccn(-n2ccnn2)n1-c1nccc(N2CCOCC2)n1. The highest BCUT2D eigenvalue weighted by molar-refractivity contribution is 5.39. The predicted molar refractivity (Wildman–Crippen MR) is 79.5 cm³/mol. The number of hydrogen-bond donors (Lipinski definition) is 0. The van der Waals surface area contributed by atoms with Crippen LogP contribution in [0.3, 0.4) is 0 Å². The smallest absolute Gasteiger partial charge is 0.275 e. The highest BCUT2D eigenvalue weighted by Gasteiger charge is 2.16. The van der Waals surface area contributed by atoms with Crippen molar-refractivity contribution in [3.8, 4) is 5.95 Å². The van der Waals surface area contributed by atoms with Crippen LogP contribution < -0.4 is 10.5 Å². The fraction of sp³-hybridized carbons (Fsp3) is 0.308. The molecule has 0 spiro atoms. The van der Waals surface area contributed by atoms with Gasteiger partial charge in [0, 0.05) is 25.4 Å². The van der Waals surface area contributed by atoms with E-state index >= 15 is 0 Å². The molecule has 10 heteroatoms. The minimum atomic E-state index is -0.250. The lowest BCUT2D eigenvalue weighted by molar-refractivity contribution is 0.122. The Bertz CT molecular complexity index is 847. The maximum atomic E-state index is 12.2. The van der Waals surface area contributed by atoms with E-state index in [1.807, 2.05) is 6.07 Å². The van der Waals surface area contributed by atoms with Gasteiger partial charge in [0.2, 0.25) is 0 Å². The van der Waals surface area contributed by atoms with Gasteiger partial charge < -0.3 is 9.64 Å². The molecule has 1 saturated heterocycles. The molecular weight excluding hydrogens is 300 g/mol. The normalized spacial score (nSPS) is 15.0. The molecule has 0 N–H and O–H groups in total. The van der Waals surface area contributed by atoms with Gasteiger partial charge >= 0.3 is 0 Å². The molecule has 0 unspecified atom stereocenters. The van der Waals surface area contributed by atoms with Crippen molar-refractivity contribution in [1.29, 1.82) is 0 Å². The van der Waals surface area contributed by atoms with Crippen molar-refractivity contribution in [3.63, 3.8) is 0 Å². The molecule has 0 atom stereocenters. The van der Waals surface area contributed by atoms with Crippen LogP contribution in [-0.4, -0.2) is 60.8 Å². The molecule has 3 aromatic heterocycles. The lowest BCUT2D eigenvalue weighted by Gasteiger charge is -2.27. The number of aromatic nitrogens is 7. The van der Waals surface area contributed by atoms with Crippen molar-refractivity contribution in [2.24, 2.45) is 0 Å². The van der Waals surface area contributed by atoms with Crippen LogP contribution in [0.2, 0.25) is 0 Å². The van der Waals surface area contributed by atoms with Crippen LogP contribution >= 0.6 is 0 Å². The Morgan fingerprint density at radius 1 is 1.09 bits per heavy atom. The summed E-state index contributed by atoms with van der Waals surface area (Å²) in [4.78, 5) is 25.9. The summed E-state index contributed by atoms with van der Waals surface area (Å²) >= 11 is 0. The molecule has 118 valence electrons. The molecule has 1 fully saturated rings. The molecule has 23 heavy (non-hydrogen) atoms. The molecule has 0 amide bonds. The molecule has 4 rings (SSSR count). The van der Waals surface area contributed by atoms with Gasteiger partial charge in [0.1, 0.15) is 5.82 Å². The highest BCUT2D eigenvalue weighted by atomic mass is 16.5. The maximum absolute atomic E-state index is 12.2. The predicted octanol–water partition coefficient (Wildman–Crippen LogP) is -0.831. The number of rotatable bonds is 3. The van der Waals surface area contributed by atoms with Crippen LogP contribution in [0.1, 0.15) is 0 Å². The Kier molecular flexibility index (Phi) is 3.35. The minimum Gasteiger partial charge on any atom is -0.378 e. The maximum Gasteiger partial charge on any atom is 0.275 e. The topological polar surface area (TPSA) is 95.9 Å². The Balaban J connectivity index is 1.77. The van der Waals surface area contributed by atoms with Crippen molar-refractivity contribution < 1.29 is 4.74 Å². The molecule has 0 radical (unpaired) electrons. The first-order chi connectivity index (χ1) is 11.3. The zero-order chi connectivity index (χ0) is 15.6.